The summed E-state index contributed by atoms with van der Waals surface area (Å²) in [5.74, 6) is 0.317. The zero-order valence-corrected chi connectivity index (χ0v) is 10.6. The van der Waals surface area contributed by atoms with Crippen molar-refractivity contribution < 1.29 is 13.9 Å². The zero-order valence-electron chi connectivity index (χ0n) is 10.6. The molecule has 0 aliphatic heterocycles. The van der Waals surface area contributed by atoms with Gasteiger partial charge in [-0.1, -0.05) is 0 Å². The summed E-state index contributed by atoms with van der Waals surface area (Å²) < 4.78 is 24.0. The number of hydrogen-bond donors (Lipinski definition) is 1. The van der Waals surface area contributed by atoms with Crippen LogP contribution in [-0.2, 0) is 4.74 Å². The summed E-state index contributed by atoms with van der Waals surface area (Å²) in [7, 11) is 0. The Morgan fingerprint density at radius 1 is 1.24 bits per heavy atom. The van der Waals surface area contributed by atoms with Gasteiger partial charge in [0.2, 0.25) is 0 Å². The first-order chi connectivity index (χ1) is 8.00. The molecule has 0 aromatic heterocycles. The first kappa shape index (κ1) is 13.9. The highest BCUT2D eigenvalue weighted by Gasteiger charge is 2.09. The van der Waals surface area contributed by atoms with E-state index < -0.39 is 0 Å². The molecule has 1 aromatic rings. The first-order valence-electron chi connectivity index (χ1n) is 5.80. The van der Waals surface area contributed by atoms with Gasteiger partial charge >= 0.3 is 0 Å². The summed E-state index contributed by atoms with van der Waals surface area (Å²) >= 11 is 0. The minimum Gasteiger partial charge on any atom is -0.491 e. The van der Waals surface area contributed by atoms with Gasteiger partial charge in [0.15, 0.2) is 0 Å². The average molecular weight is 241 g/mol. The maximum absolute atomic E-state index is 13.1. The molecule has 96 valence electrons. The predicted molar refractivity (Wildman–Crippen MR) is 65.6 cm³/mol. The molecular formula is C13H20FNO2. The van der Waals surface area contributed by atoms with Crippen LogP contribution < -0.4 is 10.5 Å². The van der Waals surface area contributed by atoms with Crippen molar-refractivity contribution in [3.05, 3.63) is 29.6 Å². The van der Waals surface area contributed by atoms with Crippen molar-refractivity contribution in [3.8, 4) is 5.75 Å². The maximum Gasteiger partial charge on any atom is 0.124 e. The summed E-state index contributed by atoms with van der Waals surface area (Å²) in [4.78, 5) is 0. The van der Waals surface area contributed by atoms with Gasteiger partial charge in [0.1, 0.15) is 18.2 Å². The Labute approximate surface area is 102 Å². The van der Waals surface area contributed by atoms with Crippen molar-refractivity contribution in [1.29, 1.82) is 0 Å². The average Bonchev–Trinajstić information content (AvgIpc) is 2.25. The van der Waals surface area contributed by atoms with E-state index in [-0.39, 0.29) is 18.0 Å². The minimum atomic E-state index is -0.303. The predicted octanol–water partition coefficient (Wildman–Crippen LogP) is 2.65. The molecule has 0 heterocycles. The van der Waals surface area contributed by atoms with Crippen molar-refractivity contribution in [2.75, 3.05) is 13.2 Å². The summed E-state index contributed by atoms with van der Waals surface area (Å²) in [6, 6.07) is 4.11. The second-order valence-electron chi connectivity index (χ2n) is 4.24. The molecule has 0 aliphatic carbocycles. The van der Waals surface area contributed by atoms with Gasteiger partial charge in [-0.25, -0.2) is 4.39 Å². The Balaban J connectivity index is 2.58. The molecular weight excluding hydrogens is 221 g/mol. The smallest absolute Gasteiger partial charge is 0.124 e. The molecule has 3 nitrogen and oxygen atoms in total. The van der Waals surface area contributed by atoms with Crippen molar-refractivity contribution >= 4 is 0 Å². The van der Waals surface area contributed by atoms with E-state index in [4.69, 9.17) is 15.2 Å². The van der Waals surface area contributed by atoms with Crippen molar-refractivity contribution in [3.63, 3.8) is 0 Å². The Morgan fingerprint density at radius 3 is 2.53 bits per heavy atom. The standard InChI is InChI=1S/C13H20FNO2/c1-9(2)16-6-7-17-13-5-4-11(14)8-12(13)10(3)15/h4-5,8-10H,6-7,15H2,1-3H3. The van der Waals surface area contributed by atoms with Gasteiger partial charge in [-0.2, -0.15) is 0 Å². The van der Waals surface area contributed by atoms with E-state index >= 15 is 0 Å². The van der Waals surface area contributed by atoms with Gasteiger partial charge in [-0.3, -0.25) is 0 Å². The fourth-order valence-corrected chi connectivity index (χ4v) is 1.44. The van der Waals surface area contributed by atoms with Crippen molar-refractivity contribution in [1.82, 2.24) is 0 Å². The lowest BCUT2D eigenvalue weighted by Gasteiger charge is -2.14. The normalized spacial score (nSPS) is 12.8. The third-order valence-corrected chi connectivity index (χ3v) is 2.25. The molecule has 0 saturated heterocycles. The Morgan fingerprint density at radius 2 is 1.94 bits per heavy atom. The number of rotatable bonds is 6. The van der Waals surface area contributed by atoms with Gasteiger partial charge in [-0.15, -0.1) is 0 Å². The van der Waals surface area contributed by atoms with E-state index in [0.717, 1.165) is 0 Å². The molecule has 1 aromatic carbocycles. The molecule has 0 saturated carbocycles. The van der Waals surface area contributed by atoms with E-state index in [2.05, 4.69) is 0 Å². The Bertz CT molecular complexity index is 353. The fraction of sp³-hybridized carbons (Fsp3) is 0.538. The van der Waals surface area contributed by atoms with E-state index in [0.29, 0.717) is 24.5 Å². The van der Waals surface area contributed by atoms with Crippen LogP contribution in [-0.4, -0.2) is 19.3 Å². The highest BCUT2D eigenvalue weighted by Crippen LogP contribution is 2.24. The molecule has 1 atom stereocenters. The van der Waals surface area contributed by atoms with Crippen LogP contribution in [0.2, 0.25) is 0 Å². The molecule has 0 fully saturated rings. The first-order valence-corrected chi connectivity index (χ1v) is 5.80. The summed E-state index contributed by atoms with van der Waals surface area (Å²) in [6.45, 7) is 6.67. The topological polar surface area (TPSA) is 44.5 Å². The van der Waals surface area contributed by atoms with Crippen LogP contribution in [0.3, 0.4) is 0 Å². The van der Waals surface area contributed by atoms with E-state index in [1.54, 1.807) is 13.0 Å². The molecule has 0 aliphatic rings. The van der Waals surface area contributed by atoms with E-state index in [1.165, 1.54) is 12.1 Å². The van der Waals surface area contributed by atoms with Gasteiger partial charge in [0.25, 0.3) is 0 Å². The van der Waals surface area contributed by atoms with Gasteiger partial charge in [-0.05, 0) is 39.0 Å². The molecule has 4 heteroatoms. The molecule has 0 radical (unpaired) electrons. The summed E-state index contributed by atoms with van der Waals surface area (Å²) in [5, 5.41) is 0. The summed E-state index contributed by atoms with van der Waals surface area (Å²) in [6.07, 6.45) is 0.180. The highest BCUT2D eigenvalue weighted by molar-refractivity contribution is 5.36. The molecule has 0 bridgehead atoms. The zero-order chi connectivity index (χ0) is 12.8. The maximum atomic E-state index is 13.1. The third-order valence-electron chi connectivity index (χ3n) is 2.25. The van der Waals surface area contributed by atoms with Crippen LogP contribution in [0.25, 0.3) is 0 Å². The van der Waals surface area contributed by atoms with Crippen LogP contribution in [0.4, 0.5) is 4.39 Å². The van der Waals surface area contributed by atoms with Crippen LogP contribution in [0.15, 0.2) is 18.2 Å². The lowest BCUT2D eigenvalue weighted by atomic mass is 10.1. The summed E-state index contributed by atoms with van der Waals surface area (Å²) in [5.41, 5.74) is 6.43. The minimum absolute atomic E-state index is 0.180. The number of benzene rings is 1. The van der Waals surface area contributed by atoms with E-state index in [9.17, 15) is 4.39 Å². The van der Waals surface area contributed by atoms with E-state index in [1.807, 2.05) is 13.8 Å². The largest absolute Gasteiger partial charge is 0.491 e. The molecule has 1 unspecified atom stereocenters. The van der Waals surface area contributed by atoms with Gasteiger partial charge < -0.3 is 15.2 Å². The molecule has 0 amide bonds. The molecule has 17 heavy (non-hydrogen) atoms. The lowest BCUT2D eigenvalue weighted by Crippen LogP contribution is -2.13. The Hall–Kier alpha value is -1.13. The monoisotopic (exact) mass is 241 g/mol. The molecule has 1 rings (SSSR count). The molecule has 2 N–H and O–H groups in total. The van der Waals surface area contributed by atoms with Crippen LogP contribution in [0.1, 0.15) is 32.4 Å². The number of ether oxygens (including phenoxy) is 2. The number of halogens is 1. The molecule has 0 spiro atoms. The fourth-order valence-electron chi connectivity index (χ4n) is 1.44. The quantitative estimate of drug-likeness (QED) is 0.779. The van der Waals surface area contributed by atoms with Crippen LogP contribution >= 0.6 is 0 Å². The lowest BCUT2D eigenvalue weighted by molar-refractivity contribution is 0.0550. The SMILES string of the molecule is CC(C)OCCOc1ccc(F)cc1C(C)N. The Kier molecular flexibility index (Phi) is 5.38. The number of hydrogen-bond acceptors (Lipinski definition) is 3. The van der Waals surface area contributed by atoms with Gasteiger partial charge in [0.05, 0.1) is 12.7 Å². The highest BCUT2D eigenvalue weighted by atomic mass is 19.1. The van der Waals surface area contributed by atoms with Crippen molar-refractivity contribution in [2.24, 2.45) is 5.73 Å². The number of nitrogens with two attached hydrogens (primary N) is 1. The van der Waals surface area contributed by atoms with Crippen LogP contribution in [0.5, 0.6) is 5.75 Å². The second-order valence-corrected chi connectivity index (χ2v) is 4.24. The van der Waals surface area contributed by atoms with Crippen LogP contribution in [0, 0.1) is 5.82 Å². The second kappa shape index (κ2) is 6.57. The van der Waals surface area contributed by atoms with Gasteiger partial charge in [0, 0.05) is 11.6 Å². The van der Waals surface area contributed by atoms with Crippen molar-refractivity contribution in [2.45, 2.75) is 32.9 Å². The third kappa shape index (κ3) is 4.71.